The molecule has 3 aromatic rings. The Morgan fingerprint density at radius 3 is 2.83 bits per heavy atom. The van der Waals surface area contributed by atoms with E-state index < -0.39 is 17.9 Å². The van der Waals surface area contributed by atoms with Crippen LogP contribution in [0.25, 0.3) is 22.6 Å². The highest BCUT2D eigenvalue weighted by Crippen LogP contribution is 2.56. The number of hydrogen-bond donors (Lipinski definition) is 2. The Balaban J connectivity index is 1.61. The second-order valence-corrected chi connectivity index (χ2v) is 7.42. The summed E-state index contributed by atoms with van der Waals surface area (Å²) in [5.41, 5.74) is 2.70. The average Bonchev–Trinajstić information content (AvgIpc) is 3.16. The zero-order valence-corrected chi connectivity index (χ0v) is 16.5. The number of ether oxygens (including phenoxy) is 1. The Morgan fingerprint density at radius 1 is 1.43 bits per heavy atom. The summed E-state index contributed by atoms with van der Waals surface area (Å²) >= 11 is 0. The van der Waals surface area contributed by atoms with E-state index in [1.165, 1.54) is 14.0 Å². The third-order valence-electron chi connectivity index (χ3n) is 5.10. The molecule has 2 aromatic heterocycles. The highest BCUT2D eigenvalue weighted by Gasteiger charge is 2.57. The van der Waals surface area contributed by atoms with Crippen LogP contribution in [-0.4, -0.2) is 46.7 Å². The van der Waals surface area contributed by atoms with E-state index in [4.69, 9.17) is 9.15 Å². The summed E-state index contributed by atoms with van der Waals surface area (Å²) in [6, 6.07) is 6.14. The third-order valence-corrected chi connectivity index (χ3v) is 5.10. The number of amides is 1. The first-order valence-electron chi connectivity index (χ1n) is 9.50. The number of pyridine rings is 1. The first-order valence-corrected chi connectivity index (χ1v) is 9.50. The zero-order chi connectivity index (χ0) is 21.5. The van der Waals surface area contributed by atoms with Crippen molar-refractivity contribution in [3.8, 4) is 17.2 Å². The van der Waals surface area contributed by atoms with E-state index in [0.29, 0.717) is 40.1 Å². The summed E-state index contributed by atoms with van der Waals surface area (Å²) in [5, 5.41) is 12.1. The molecule has 0 spiro atoms. The first-order chi connectivity index (χ1) is 14.3. The van der Waals surface area contributed by atoms with Crippen LogP contribution < -0.4 is 10.1 Å². The molecule has 0 aliphatic heterocycles. The van der Waals surface area contributed by atoms with Crippen molar-refractivity contribution in [2.24, 2.45) is 0 Å². The number of aromatic nitrogens is 2. The fraction of sp³-hybridized carbons (Fsp3) is 0.381. The topological polar surface area (TPSA) is 97.5 Å². The molecule has 0 bridgehead atoms. The summed E-state index contributed by atoms with van der Waals surface area (Å²) in [6.07, 6.45) is 1.72. The number of carbonyl (C=O) groups is 1. The smallest absolute Gasteiger partial charge is 0.255 e. The maximum atomic E-state index is 13.4. The Hall–Kier alpha value is -3.07. The van der Waals surface area contributed by atoms with E-state index in [-0.39, 0.29) is 24.8 Å². The molecule has 4 rings (SSSR count). The van der Waals surface area contributed by atoms with Gasteiger partial charge in [0, 0.05) is 31.5 Å². The summed E-state index contributed by atoms with van der Waals surface area (Å²) < 4.78 is 38.0. The van der Waals surface area contributed by atoms with E-state index in [9.17, 15) is 18.7 Å². The molecule has 2 N–H and O–H groups in total. The fourth-order valence-corrected chi connectivity index (χ4v) is 3.48. The second kappa shape index (κ2) is 7.64. The Morgan fingerprint density at radius 2 is 2.20 bits per heavy atom. The van der Waals surface area contributed by atoms with Crippen LogP contribution >= 0.6 is 0 Å². The first kappa shape index (κ1) is 20.2. The highest BCUT2D eigenvalue weighted by atomic mass is 19.3. The summed E-state index contributed by atoms with van der Waals surface area (Å²) in [7, 11) is 1.47. The van der Waals surface area contributed by atoms with Crippen molar-refractivity contribution < 1.29 is 27.8 Å². The van der Waals surface area contributed by atoms with E-state index >= 15 is 0 Å². The number of oxazole rings is 1. The molecule has 1 saturated carbocycles. The van der Waals surface area contributed by atoms with Crippen LogP contribution in [0.2, 0.25) is 0 Å². The lowest BCUT2D eigenvalue weighted by molar-refractivity contribution is -0.119. The molecule has 7 nitrogen and oxygen atoms in total. The van der Waals surface area contributed by atoms with Gasteiger partial charge in [-0.1, -0.05) is 6.07 Å². The number of rotatable bonds is 7. The van der Waals surface area contributed by atoms with Crippen molar-refractivity contribution in [2.45, 2.75) is 37.6 Å². The van der Waals surface area contributed by atoms with Gasteiger partial charge < -0.3 is 19.6 Å². The highest BCUT2D eigenvalue weighted by molar-refractivity contribution is 5.77. The van der Waals surface area contributed by atoms with Crippen molar-refractivity contribution in [3.63, 3.8) is 0 Å². The van der Waals surface area contributed by atoms with E-state index in [1.807, 2.05) is 0 Å². The number of aliphatic hydroxyl groups is 1. The van der Waals surface area contributed by atoms with Crippen LogP contribution in [0.5, 0.6) is 5.75 Å². The Labute approximate surface area is 171 Å². The van der Waals surface area contributed by atoms with Gasteiger partial charge in [-0.25, -0.2) is 13.8 Å². The van der Waals surface area contributed by atoms with Crippen molar-refractivity contribution in [2.75, 3.05) is 13.7 Å². The van der Waals surface area contributed by atoms with Gasteiger partial charge in [0.25, 0.3) is 5.92 Å². The molecule has 1 amide bonds. The van der Waals surface area contributed by atoms with Gasteiger partial charge in [-0.15, -0.1) is 0 Å². The van der Waals surface area contributed by atoms with Gasteiger partial charge in [0.1, 0.15) is 11.3 Å². The molecule has 1 unspecified atom stereocenters. The van der Waals surface area contributed by atoms with Gasteiger partial charge in [-0.05, 0) is 17.7 Å². The quantitative estimate of drug-likeness (QED) is 0.613. The van der Waals surface area contributed by atoms with E-state index in [1.54, 1.807) is 30.5 Å². The van der Waals surface area contributed by atoms with Gasteiger partial charge in [0.05, 0.1) is 37.4 Å². The maximum absolute atomic E-state index is 13.4. The predicted octanol–water partition coefficient (Wildman–Crippen LogP) is 3.06. The summed E-state index contributed by atoms with van der Waals surface area (Å²) in [6.45, 7) is 1.16. The van der Waals surface area contributed by atoms with Gasteiger partial charge in [-0.2, -0.15) is 0 Å². The number of fused-ring (bicyclic) bond motifs is 1. The number of hydrogen-bond acceptors (Lipinski definition) is 6. The van der Waals surface area contributed by atoms with E-state index in [2.05, 4.69) is 15.3 Å². The number of benzene rings is 1. The number of methoxy groups -OCH3 is 1. The fourth-order valence-electron chi connectivity index (χ4n) is 3.48. The Kier molecular flexibility index (Phi) is 5.15. The van der Waals surface area contributed by atoms with Crippen LogP contribution in [0.4, 0.5) is 8.78 Å². The molecule has 1 aliphatic rings. The number of nitrogens with zero attached hydrogens (tertiary/aromatic N) is 2. The van der Waals surface area contributed by atoms with Gasteiger partial charge in [-0.3, -0.25) is 9.78 Å². The van der Waals surface area contributed by atoms with Crippen molar-refractivity contribution in [1.82, 2.24) is 15.3 Å². The molecule has 1 fully saturated rings. The van der Waals surface area contributed by atoms with Crippen LogP contribution in [0.3, 0.4) is 0 Å². The minimum atomic E-state index is -2.66. The normalized spacial score (nSPS) is 18.2. The molecule has 1 aliphatic carbocycles. The lowest BCUT2D eigenvalue weighted by atomic mass is 10.1. The predicted molar refractivity (Wildman–Crippen MR) is 104 cm³/mol. The lowest BCUT2D eigenvalue weighted by Gasteiger charge is -2.14. The third kappa shape index (κ3) is 3.97. The monoisotopic (exact) mass is 417 g/mol. The van der Waals surface area contributed by atoms with Crippen molar-refractivity contribution in [3.05, 3.63) is 41.7 Å². The molecule has 0 saturated heterocycles. The molecule has 9 heteroatoms. The van der Waals surface area contributed by atoms with Crippen molar-refractivity contribution >= 4 is 17.0 Å². The zero-order valence-electron chi connectivity index (χ0n) is 16.5. The molecular weight excluding hydrogens is 396 g/mol. The largest absolute Gasteiger partial charge is 0.496 e. The number of carbonyl (C=O) groups excluding carboxylic acids is 1. The average molecular weight is 417 g/mol. The van der Waals surface area contributed by atoms with Crippen molar-refractivity contribution in [1.29, 1.82) is 0 Å². The van der Waals surface area contributed by atoms with Crippen LogP contribution in [0.1, 0.15) is 30.5 Å². The standard InChI is InChI=1S/C21H21F2N3O4/c1-11(28)25-14(10-27)6-13-7-19-17(9-24-13)26-20(30-19)15-4-3-12(5-18(15)29-2)16-8-21(16,22)23/h3-5,7,9,14,16,27H,6,8,10H2,1-2H3,(H,25,28)/t14?,16-/m1/s1. The summed E-state index contributed by atoms with van der Waals surface area (Å²) in [4.78, 5) is 20.0. The minimum absolute atomic E-state index is 0.153. The van der Waals surface area contributed by atoms with Gasteiger partial charge in [0.2, 0.25) is 11.8 Å². The SMILES string of the molecule is COc1cc([C@H]2CC2(F)F)ccc1-c1nc2cnc(CC(CO)NC(C)=O)cc2o1. The molecule has 2 atom stereocenters. The molecule has 158 valence electrons. The van der Waals surface area contributed by atoms with Gasteiger partial charge >= 0.3 is 0 Å². The van der Waals surface area contributed by atoms with Crippen LogP contribution in [0, 0.1) is 0 Å². The molecule has 1 aromatic carbocycles. The minimum Gasteiger partial charge on any atom is -0.496 e. The summed E-state index contributed by atoms with van der Waals surface area (Å²) in [5.74, 6) is -2.98. The number of aliphatic hydroxyl groups excluding tert-OH is 1. The molecule has 0 radical (unpaired) electrons. The molecule has 30 heavy (non-hydrogen) atoms. The molecular formula is C21H21F2N3O4. The van der Waals surface area contributed by atoms with Crippen LogP contribution in [-0.2, 0) is 11.2 Å². The van der Waals surface area contributed by atoms with E-state index in [0.717, 1.165) is 0 Å². The molecule has 2 heterocycles. The number of halogens is 2. The Bertz CT molecular complexity index is 1100. The lowest BCUT2D eigenvalue weighted by Crippen LogP contribution is -2.37. The van der Waals surface area contributed by atoms with Gasteiger partial charge in [0.15, 0.2) is 5.58 Å². The maximum Gasteiger partial charge on any atom is 0.255 e. The second-order valence-electron chi connectivity index (χ2n) is 7.42. The van der Waals surface area contributed by atoms with Crippen LogP contribution in [0.15, 0.2) is 34.9 Å². The number of nitrogens with one attached hydrogen (secondary N) is 1. The number of alkyl halides is 2.